The molecule has 0 aliphatic heterocycles. The molecule has 2 aliphatic carbocycles. The summed E-state index contributed by atoms with van der Waals surface area (Å²) in [6.07, 6.45) is 4.68. The Morgan fingerprint density at radius 1 is 0.540 bits per heavy atom. The molecule has 8 rings (SSSR count). The zero-order valence-electron chi connectivity index (χ0n) is 30.6. The largest absolute Gasteiger partial charge is 0.456 e. The Morgan fingerprint density at radius 3 is 1.64 bits per heavy atom. The topological polar surface area (TPSA) is 16.4 Å². The van der Waals surface area contributed by atoms with E-state index < -0.39 is 0 Å². The summed E-state index contributed by atoms with van der Waals surface area (Å²) >= 11 is 11.3. The second kappa shape index (κ2) is 11.5. The molecule has 4 heteroatoms. The van der Waals surface area contributed by atoms with Crippen molar-refractivity contribution >= 4 is 66.5 Å². The van der Waals surface area contributed by atoms with Gasteiger partial charge in [-0.1, -0.05) is 103 Å². The maximum atomic E-state index is 7.38. The first-order chi connectivity index (χ1) is 23.6. The van der Waals surface area contributed by atoms with E-state index in [-0.39, 0.29) is 21.7 Å². The highest BCUT2D eigenvalue weighted by molar-refractivity contribution is 9.10. The first kappa shape index (κ1) is 33.6. The molecule has 2 aliphatic rings. The van der Waals surface area contributed by atoms with Gasteiger partial charge in [-0.3, -0.25) is 0 Å². The first-order valence-electron chi connectivity index (χ1n) is 18.1. The fourth-order valence-electron chi connectivity index (χ4n) is 8.67. The SMILES string of the molecule is CC1(C)CCC(C)(C)c2cc(N(c3ccc4c(c3)C(C)(C)CCC4(C)C)c3cc(-c4ccc5c(c4)oc4ccccc45)cc(Br)c3Cl)ccc21. The van der Waals surface area contributed by atoms with Crippen LogP contribution in [0.1, 0.15) is 103 Å². The van der Waals surface area contributed by atoms with Crippen molar-refractivity contribution in [2.45, 2.75) is 103 Å². The lowest BCUT2D eigenvalue weighted by atomic mass is 9.63. The molecule has 1 aromatic heterocycles. The second-order valence-electron chi connectivity index (χ2n) is 17.4. The van der Waals surface area contributed by atoms with Gasteiger partial charge in [0.2, 0.25) is 0 Å². The summed E-state index contributed by atoms with van der Waals surface area (Å²) in [5.41, 5.74) is 13.3. The van der Waals surface area contributed by atoms with E-state index >= 15 is 0 Å². The van der Waals surface area contributed by atoms with E-state index in [1.165, 1.54) is 35.1 Å². The highest BCUT2D eigenvalue weighted by atomic mass is 79.9. The third-order valence-electron chi connectivity index (χ3n) is 12.2. The standard InChI is InChI=1S/C46H47BrClNO/c1-43(2)19-21-45(5,6)36-26-30(14-17-34(36)43)49(31-15-18-35-37(27-31)46(7,8)22-20-44(35,3)4)39-24-29(23-38(47)42(39)48)28-13-16-33-32-11-9-10-12-40(32)50-41(33)25-28/h9-18,23-27H,19-22H2,1-8H3. The zero-order chi connectivity index (χ0) is 35.4. The molecule has 0 amide bonds. The molecule has 0 N–H and O–H groups in total. The minimum Gasteiger partial charge on any atom is -0.456 e. The second-order valence-corrected chi connectivity index (χ2v) is 18.7. The van der Waals surface area contributed by atoms with Crippen molar-refractivity contribution in [3.63, 3.8) is 0 Å². The molecule has 1 heterocycles. The van der Waals surface area contributed by atoms with Crippen LogP contribution in [0.5, 0.6) is 0 Å². The van der Waals surface area contributed by atoms with E-state index in [4.69, 9.17) is 16.0 Å². The fourth-order valence-corrected chi connectivity index (χ4v) is 9.31. The summed E-state index contributed by atoms with van der Waals surface area (Å²) in [7, 11) is 0. The Labute approximate surface area is 311 Å². The fraction of sp³-hybridized carbons (Fsp3) is 0.348. The summed E-state index contributed by atoms with van der Waals surface area (Å²) in [5, 5.41) is 2.95. The number of hydrogen-bond donors (Lipinski definition) is 0. The number of benzene rings is 5. The van der Waals surface area contributed by atoms with Crippen molar-refractivity contribution in [3.8, 4) is 11.1 Å². The Balaban J connectivity index is 1.36. The van der Waals surface area contributed by atoms with E-state index in [1.807, 2.05) is 12.1 Å². The molecule has 256 valence electrons. The number of para-hydroxylation sites is 1. The van der Waals surface area contributed by atoms with Gasteiger partial charge in [0.25, 0.3) is 0 Å². The van der Waals surface area contributed by atoms with Gasteiger partial charge in [0.1, 0.15) is 11.2 Å². The number of rotatable bonds is 4. The van der Waals surface area contributed by atoms with E-state index in [0.29, 0.717) is 5.02 Å². The van der Waals surface area contributed by atoms with Crippen LogP contribution in [0.25, 0.3) is 33.1 Å². The maximum Gasteiger partial charge on any atom is 0.136 e. The molecular weight excluding hydrogens is 698 g/mol. The molecule has 0 saturated carbocycles. The predicted octanol–water partition coefficient (Wildman–Crippen LogP) is 14.8. The van der Waals surface area contributed by atoms with Gasteiger partial charge >= 0.3 is 0 Å². The smallest absolute Gasteiger partial charge is 0.136 e. The zero-order valence-corrected chi connectivity index (χ0v) is 32.9. The van der Waals surface area contributed by atoms with Crippen molar-refractivity contribution in [2.75, 3.05) is 4.90 Å². The normalized spacial score (nSPS) is 18.5. The van der Waals surface area contributed by atoms with Gasteiger partial charge in [-0.15, -0.1) is 0 Å². The van der Waals surface area contributed by atoms with Gasteiger partial charge in [0.05, 0.1) is 10.7 Å². The van der Waals surface area contributed by atoms with Gasteiger partial charge < -0.3 is 9.32 Å². The molecular formula is C46H47BrClNO. The van der Waals surface area contributed by atoms with Crippen LogP contribution in [-0.2, 0) is 21.7 Å². The molecule has 6 aromatic rings. The minimum absolute atomic E-state index is 0.0720. The molecule has 0 fully saturated rings. The summed E-state index contributed by atoms with van der Waals surface area (Å²) in [6, 6.07) is 33.4. The van der Waals surface area contributed by atoms with Crippen molar-refractivity contribution in [1.29, 1.82) is 0 Å². The van der Waals surface area contributed by atoms with E-state index in [1.54, 1.807) is 0 Å². The highest BCUT2D eigenvalue weighted by Gasteiger charge is 2.39. The van der Waals surface area contributed by atoms with E-state index in [2.05, 4.69) is 155 Å². The Kier molecular flexibility index (Phi) is 7.72. The molecule has 50 heavy (non-hydrogen) atoms. The number of halogens is 2. The lowest BCUT2D eigenvalue weighted by Gasteiger charge is -2.43. The summed E-state index contributed by atoms with van der Waals surface area (Å²) in [6.45, 7) is 19.2. The van der Waals surface area contributed by atoms with Crippen LogP contribution in [-0.4, -0.2) is 0 Å². The van der Waals surface area contributed by atoms with Gasteiger partial charge in [-0.25, -0.2) is 0 Å². The third-order valence-corrected chi connectivity index (χ3v) is 13.4. The number of hydrogen-bond acceptors (Lipinski definition) is 2. The summed E-state index contributed by atoms with van der Waals surface area (Å²) < 4.78 is 7.18. The molecule has 0 spiro atoms. The molecule has 0 radical (unpaired) electrons. The monoisotopic (exact) mass is 743 g/mol. The van der Waals surface area contributed by atoms with Crippen LogP contribution in [0, 0.1) is 0 Å². The van der Waals surface area contributed by atoms with Gasteiger partial charge in [0.15, 0.2) is 0 Å². The molecule has 0 unspecified atom stereocenters. The van der Waals surface area contributed by atoms with Crippen molar-refractivity contribution in [2.24, 2.45) is 0 Å². The molecule has 0 bridgehead atoms. The van der Waals surface area contributed by atoms with Gasteiger partial charge in [0, 0.05) is 26.6 Å². The van der Waals surface area contributed by atoms with Crippen LogP contribution in [0.15, 0.2) is 99.9 Å². The lowest BCUT2D eigenvalue weighted by Crippen LogP contribution is -2.34. The summed E-state index contributed by atoms with van der Waals surface area (Å²) in [5.74, 6) is 0. The Hall–Kier alpha value is -3.53. The van der Waals surface area contributed by atoms with Crippen LogP contribution in [0.3, 0.4) is 0 Å². The number of anilines is 3. The number of furan rings is 1. The Bertz CT molecular complexity index is 2240. The number of nitrogens with zero attached hydrogens (tertiary/aromatic N) is 1. The predicted molar refractivity (Wildman–Crippen MR) is 217 cm³/mol. The summed E-state index contributed by atoms with van der Waals surface area (Å²) in [4.78, 5) is 2.40. The quantitative estimate of drug-likeness (QED) is 0.179. The van der Waals surface area contributed by atoms with Crippen molar-refractivity contribution in [1.82, 2.24) is 0 Å². The average molecular weight is 745 g/mol. The lowest BCUT2D eigenvalue weighted by molar-refractivity contribution is 0.332. The number of fused-ring (bicyclic) bond motifs is 5. The Morgan fingerprint density at radius 2 is 1.06 bits per heavy atom. The molecule has 0 atom stereocenters. The molecule has 2 nitrogen and oxygen atoms in total. The van der Waals surface area contributed by atoms with Crippen molar-refractivity contribution in [3.05, 3.63) is 123 Å². The minimum atomic E-state index is 0.0720. The van der Waals surface area contributed by atoms with Gasteiger partial charge in [-0.2, -0.15) is 0 Å². The third kappa shape index (κ3) is 5.42. The first-order valence-corrected chi connectivity index (χ1v) is 19.2. The van der Waals surface area contributed by atoms with E-state index in [0.717, 1.165) is 67.4 Å². The van der Waals surface area contributed by atoms with Crippen LogP contribution in [0.2, 0.25) is 5.02 Å². The van der Waals surface area contributed by atoms with Gasteiger partial charge in [-0.05, 0) is 151 Å². The molecule has 5 aromatic carbocycles. The average Bonchev–Trinajstić information content (AvgIpc) is 3.45. The van der Waals surface area contributed by atoms with Crippen LogP contribution < -0.4 is 4.90 Å². The van der Waals surface area contributed by atoms with Crippen LogP contribution in [0.4, 0.5) is 17.1 Å². The van der Waals surface area contributed by atoms with Crippen LogP contribution >= 0.6 is 27.5 Å². The van der Waals surface area contributed by atoms with E-state index in [9.17, 15) is 0 Å². The maximum absolute atomic E-state index is 7.38. The highest BCUT2D eigenvalue weighted by Crippen LogP contribution is 2.52. The molecule has 0 saturated heterocycles. The van der Waals surface area contributed by atoms with Crippen molar-refractivity contribution < 1.29 is 4.42 Å².